The first kappa shape index (κ1) is 30.3. The summed E-state index contributed by atoms with van der Waals surface area (Å²) < 4.78 is 23.8. The monoisotopic (exact) mass is 637 g/mol. The summed E-state index contributed by atoms with van der Waals surface area (Å²) in [7, 11) is 2.97. The molecule has 1 aliphatic heterocycles. The lowest BCUT2D eigenvalue weighted by Crippen LogP contribution is -2.40. The Morgan fingerprint density at radius 2 is 1.78 bits per heavy atom. The normalized spacial score (nSPS) is 14.4. The van der Waals surface area contributed by atoms with Crippen molar-refractivity contribution in [2.24, 2.45) is 4.99 Å². The molecule has 0 unspecified atom stereocenters. The molecule has 0 saturated heterocycles. The van der Waals surface area contributed by atoms with E-state index in [1.165, 1.54) is 17.7 Å². The maximum atomic E-state index is 14.1. The van der Waals surface area contributed by atoms with E-state index in [-0.39, 0.29) is 33.7 Å². The summed E-state index contributed by atoms with van der Waals surface area (Å²) >= 11 is 1.13. The number of hydrogen-bond donors (Lipinski definition) is 0. The zero-order chi connectivity index (χ0) is 32.4. The lowest BCUT2D eigenvalue weighted by atomic mass is 9.93. The van der Waals surface area contributed by atoms with Crippen molar-refractivity contribution in [3.8, 4) is 22.8 Å². The highest BCUT2D eigenvalue weighted by Crippen LogP contribution is 2.37. The fourth-order valence-corrected chi connectivity index (χ4v) is 6.25. The number of hydrogen-bond acceptors (Lipinski definition) is 10. The van der Waals surface area contributed by atoms with E-state index in [2.05, 4.69) is 0 Å². The number of nitrogens with zero attached hydrogens (tertiary/aromatic N) is 3. The molecule has 0 bridgehead atoms. The van der Waals surface area contributed by atoms with Crippen LogP contribution in [0.15, 0.2) is 105 Å². The highest BCUT2D eigenvalue weighted by molar-refractivity contribution is 7.07. The van der Waals surface area contributed by atoms with Crippen LogP contribution in [0.25, 0.3) is 23.1 Å². The van der Waals surface area contributed by atoms with E-state index in [1.807, 2.05) is 36.4 Å². The van der Waals surface area contributed by atoms with Crippen LogP contribution in [0.1, 0.15) is 29.9 Å². The Hall–Kier alpha value is -5.75. The third-order valence-electron chi connectivity index (χ3n) is 7.35. The summed E-state index contributed by atoms with van der Waals surface area (Å²) in [6.45, 7) is 1.85. The van der Waals surface area contributed by atoms with Gasteiger partial charge in [-0.05, 0) is 48.9 Å². The van der Waals surface area contributed by atoms with Gasteiger partial charge in [-0.1, -0.05) is 53.8 Å². The molecule has 0 spiro atoms. The molecule has 1 atom stereocenters. The summed E-state index contributed by atoms with van der Waals surface area (Å²) in [6, 6.07) is 23.2. The number of rotatable bonds is 9. The molecule has 0 amide bonds. The summed E-state index contributed by atoms with van der Waals surface area (Å²) in [5.41, 5.74) is 1.60. The summed E-state index contributed by atoms with van der Waals surface area (Å²) in [5, 5.41) is 11.8. The Bertz CT molecular complexity index is 2180. The van der Waals surface area contributed by atoms with Gasteiger partial charge < -0.3 is 18.6 Å². The Kier molecular flexibility index (Phi) is 8.36. The average Bonchev–Trinajstić information content (AvgIpc) is 3.67. The van der Waals surface area contributed by atoms with Crippen molar-refractivity contribution in [2.45, 2.75) is 13.0 Å². The zero-order valence-corrected chi connectivity index (χ0v) is 25.8. The second-order valence-corrected chi connectivity index (χ2v) is 11.1. The van der Waals surface area contributed by atoms with Gasteiger partial charge in [0.2, 0.25) is 0 Å². The summed E-state index contributed by atoms with van der Waals surface area (Å²) in [4.78, 5) is 44.2. The van der Waals surface area contributed by atoms with E-state index in [0.717, 1.165) is 11.3 Å². The molecule has 2 aromatic heterocycles. The number of benzene rings is 3. The third-order valence-corrected chi connectivity index (χ3v) is 8.33. The topological polar surface area (TPSA) is 135 Å². The van der Waals surface area contributed by atoms with E-state index in [0.29, 0.717) is 38.9 Å². The van der Waals surface area contributed by atoms with Gasteiger partial charge in [0.05, 0.1) is 59.2 Å². The van der Waals surface area contributed by atoms with E-state index in [9.17, 15) is 19.7 Å². The average molecular weight is 638 g/mol. The highest BCUT2D eigenvalue weighted by atomic mass is 32.1. The molecule has 0 aliphatic carbocycles. The zero-order valence-electron chi connectivity index (χ0n) is 25.0. The van der Waals surface area contributed by atoms with Crippen molar-refractivity contribution in [2.75, 3.05) is 20.8 Å². The van der Waals surface area contributed by atoms with Crippen LogP contribution in [0.5, 0.6) is 11.5 Å². The number of ether oxygens (including phenoxy) is 3. The first-order valence-corrected chi connectivity index (χ1v) is 15.0. The van der Waals surface area contributed by atoms with E-state index in [4.69, 9.17) is 23.6 Å². The van der Waals surface area contributed by atoms with Gasteiger partial charge >= 0.3 is 5.97 Å². The Labute approximate surface area is 266 Å². The molecular formula is C34H27N3O8S. The van der Waals surface area contributed by atoms with Gasteiger partial charge in [0.15, 0.2) is 4.80 Å². The van der Waals surface area contributed by atoms with Gasteiger partial charge in [-0.2, -0.15) is 0 Å². The quantitative estimate of drug-likeness (QED) is 0.123. The van der Waals surface area contributed by atoms with Gasteiger partial charge in [0, 0.05) is 11.6 Å². The lowest BCUT2D eigenvalue weighted by molar-refractivity contribution is -0.384. The molecule has 0 fully saturated rings. The number of aromatic nitrogens is 1. The van der Waals surface area contributed by atoms with Gasteiger partial charge in [-0.25, -0.2) is 9.79 Å². The SMILES string of the molecule is CCOC(=O)C1=C(c2ccccc2)N=c2s/c(=C\c3ccc(-c4ccc(OC)cc4[N+](=O)[O-])o3)c(=O)n2[C@@H]1c1cccc(OC)c1. The first-order chi connectivity index (χ1) is 22.3. The predicted molar refractivity (Wildman–Crippen MR) is 171 cm³/mol. The largest absolute Gasteiger partial charge is 0.497 e. The number of esters is 1. The minimum Gasteiger partial charge on any atom is -0.497 e. The molecule has 46 heavy (non-hydrogen) atoms. The van der Waals surface area contributed by atoms with E-state index in [1.54, 1.807) is 62.6 Å². The van der Waals surface area contributed by atoms with E-state index >= 15 is 0 Å². The molecule has 3 aromatic carbocycles. The fourth-order valence-electron chi connectivity index (χ4n) is 5.27. The minimum atomic E-state index is -0.878. The number of methoxy groups -OCH3 is 2. The number of carbonyl (C=O) groups excluding carboxylic acids is 1. The minimum absolute atomic E-state index is 0.132. The molecule has 0 saturated carbocycles. The molecule has 5 aromatic rings. The van der Waals surface area contributed by atoms with Crippen molar-refractivity contribution in [1.29, 1.82) is 0 Å². The first-order valence-electron chi connectivity index (χ1n) is 14.2. The van der Waals surface area contributed by atoms with Crippen molar-refractivity contribution in [1.82, 2.24) is 4.57 Å². The number of nitro groups is 1. The smallest absolute Gasteiger partial charge is 0.338 e. The van der Waals surface area contributed by atoms with Crippen LogP contribution in [0.3, 0.4) is 0 Å². The number of thiazole rings is 1. The van der Waals surface area contributed by atoms with E-state index < -0.39 is 22.5 Å². The van der Waals surface area contributed by atoms with Crippen LogP contribution >= 0.6 is 11.3 Å². The Morgan fingerprint density at radius 3 is 2.50 bits per heavy atom. The second kappa shape index (κ2) is 12.7. The van der Waals surface area contributed by atoms with Crippen LogP contribution in [-0.2, 0) is 9.53 Å². The fraction of sp³-hybridized carbons (Fsp3) is 0.147. The molecule has 0 N–H and O–H groups in total. The number of furan rings is 1. The van der Waals surface area contributed by atoms with Crippen LogP contribution in [0.2, 0.25) is 0 Å². The summed E-state index contributed by atoms with van der Waals surface area (Å²) in [6.07, 6.45) is 1.56. The molecular weight excluding hydrogens is 610 g/mol. The van der Waals surface area contributed by atoms with Crippen LogP contribution in [0, 0.1) is 10.1 Å². The number of fused-ring (bicyclic) bond motifs is 1. The van der Waals surface area contributed by atoms with Crippen molar-refractivity contribution < 1.29 is 28.3 Å². The maximum absolute atomic E-state index is 14.1. The number of carbonyl (C=O) groups is 1. The molecule has 232 valence electrons. The van der Waals surface area contributed by atoms with Gasteiger partial charge in [0.25, 0.3) is 11.2 Å². The van der Waals surface area contributed by atoms with Crippen molar-refractivity contribution >= 4 is 34.8 Å². The van der Waals surface area contributed by atoms with Gasteiger partial charge in [-0.3, -0.25) is 19.5 Å². The molecule has 1 aliphatic rings. The van der Waals surface area contributed by atoms with Gasteiger partial charge in [0.1, 0.15) is 23.0 Å². The van der Waals surface area contributed by atoms with Crippen molar-refractivity contribution in [3.05, 3.63) is 137 Å². The predicted octanol–water partition coefficient (Wildman–Crippen LogP) is 5.12. The van der Waals surface area contributed by atoms with Gasteiger partial charge in [-0.15, -0.1) is 0 Å². The molecule has 0 radical (unpaired) electrons. The molecule has 3 heterocycles. The van der Waals surface area contributed by atoms with Crippen LogP contribution in [-0.4, -0.2) is 36.3 Å². The molecule has 12 heteroatoms. The van der Waals surface area contributed by atoms with Crippen LogP contribution < -0.4 is 24.4 Å². The second-order valence-electron chi connectivity index (χ2n) is 10.1. The highest BCUT2D eigenvalue weighted by Gasteiger charge is 2.35. The third kappa shape index (κ3) is 5.61. The summed E-state index contributed by atoms with van der Waals surface area (Å²) in [5.74, 6) is 0.849. The van der Waals surface area contributed by atoms with Crippen molar-refractivity contribution in [3.63, 3.8) is 0 Å². The lowest BCUT2D eigenvalue weighted by Gasteiger charge is -2.26. The molecule has 11 nitrogen and oxygen atoms in total. The molecule has 6 rings (SSSR count). The standard InChI is InChI=1S/C34H27N3O8S/c1-4-44-33(39)29-30(20-9-6-5-7-10-20)35-34-36(31(29)21-11-8-12-22(17-21)42-2)32(38)28(46-34)19-24-14-16-27(45-24)25-15-13-23(43-3)18-26(25)37(40)41/h5-19,31H,4H2,1-3H3/b28-19-/t31-/m1/s1. The Morgan fingerprint density at radius 1 is 1.02 bits per heavy atom. The Balaban J connectivity index is 1.55. The number of nitro benzene ring substituents is 1. The maximum Gasteiger partial charge on any atom is 0.338 e. The van der Waals surface area contributed by atoms with Crippen LogP contribution in [0.4, 0.5) is 5.69 Å².